The average Bonchev–Trinajstić information content (AvgIpc) is 3.38. The third kappa shape index (κ3) is 3.55. The van der Waals surface area contributed by atoms with Gasteiger partial charge in [0.15, 0.2) is 0 Å². The molecule has 0 aromatic heterocycles. The molecule has 0 atom stereocenters. The first-order valence-electron chi connectivity index (χ1n) is 7.60. The van der Waals surface area contributed by atoms with Gasteiger partial charge in [-0.2, -0.15) is 0 Å². The van der Waals surface area contributed by atoms with Crippen LogP contribution < -0.4 is 10.6 Å². The number of rotatable bonds is 5. The van der Waals surface area contributed by atoms with Crippen molar-refractivity contribution >= 4 is 40.7 Å². The predicted molar refractivity (Wildman–Crippen MR) is 95.0 cm³/mol. The minimum atomic E-state index is -1.00. The lowest BCUT2D eigenvalue weighted by molar-refractivity contribution is -0.134. The topological polar surface area (TPSA) is 58.2 Å². The molecule has 0 unspecified atom stereocenters. The van der Waals surface area contributed by atoms with E-state index in [4.69, 9.17) is 23.2 Å². The van der Waals surface area contributed by atoms with Crippen molar-refractivity contribution in [1.29, 1.82) is 0 Å². The Morgan fingerprint density at radius 1 is 1.00 bits per heavy atom. The van der Waals surface area contributed by atoms with E-state index in [0.717, 1.165) is 5.56 Å². The number of carbonyl (C=O) groups is 2. The van der Waals surface area contributed by atoms with Crippen LogP contribution in [-0.2, 0) is 16.1 Å². The van der Waals surface area contributed by atoms with E-state index < -0.39 is 5.41 Å². The first kappa shape index (κ1) is 16.8. The van der Waals surface area contributed by atoms with Crippen molar-refractivity contribution in [2.75, 3.05) is 5.32 Å². The van der Waals surface area contributed by atoms with Gasteiger partial charge in [-0.3, -0.25) is 9.59 Å². The second-order valence-electron chi connectivity index (χ2n) is 5.83. The van der Waals surface area contributed by atoms with Crippen LogP contribution in [0.2, 0.25) is 10.0 Å². The van der Waals surface area contributed by atoms with Crippen LogP contribution in [0.3, 0.4) is 0 Å². The minimum absolute atomic E-state index is 0.256. The van der Waals surface area contributed by atoms with Gasteiger partial charge >= 0.3 is 0 Å². The van der Waals surface area contributed by atoms with E-state index >= 15 is 0 Å². The van der Waals surface area contributed by atoms with Crippen molar-refractivity contribution in [2.24, 2.45) is 5.41 Å². The molecule has 3 rings (SSSR count). The van der Waals surface area contributed by atoms with E-state index in [1.165, 1.54) is 0 Å². The number of hydrogen-bond acceptors (Lipinski definition) is 2. The quantitative estimate of drug-likeness (QED) is 0.788. The van der Waals surface area contributed by atoms with Crippen LogP contribution in [0, 0.1) is 5.41 Å². The number of amides is 2. The normalized spacial score (nSPS) is 14.8. The van der Waals surface area contributed by atoms with Gasteiger partial charge in [0.1, 0.15) is 5.41 Å². The largest absolute Gasteiger partial charge is 0.351 e. The number of carbonyl (C=O) groups excluding carboxylic acids is 2. The molecule has 0 saturated heterocycles. The van der Waals surface area contributed by atoms with E-state index in [-0.39, 0.29) is 11.8 Å². The van der Waals surface area contributed by atoms with Crippen LogP contribution in [0.4, 0.5) is 5.69 Å². The molecule has 1 saturated carbocycles. The lowest BCUT2D eigenvalue weighted by atomic mass is 10.0. The van der Waals surface area contributed by atoms with E-state index in [1.807, 2.05) is 30.3 Å². The Bertz CT molecular complexity index is 774. The number of halogens is 2. The minimum Gasteiger partial charge on any atom is -0.351 e. The van der Waals surface area contributed by atoms with Crippen molar-refractivity contribution < 1.29 is 9.59 Å². The molecule has 0 heterocycles. The highest BCUT2D eigenvalue weighted by molar-refractivity contribution is 6.36. The Labute approximate surface area is 150 Å². The summed E-state index contributed by atoms with van der Waals surface area (Å²) in [5.41, 5.74) is 0.439. The van der Waals surface area contributed by atoms with E-state index in [1.54, 1.807) is 18.2 Å². The standard InChI is InChI=1S/C18H16Cl2N2O2/c19-13-6-7-15(14(20)10-13)22-17(24)18(8-9-18)16(23)21-11-12-4-2-1-3-5-12/h1-7,10H,8-9,11H2,(H,21,23)(H,22,24). The van der Waals surface area contributed by atoms with Crippen LogP contribution >= 0.6 is 23.2 Å². The highest BCUT2D eigenvalue weighted by atomic mass is 35.5. The van der Waals surface area contributed by atoms with Crippen LogP contribution in [0.15, 0.2) is 48.5 Å². The molecular weight excluding hydrogens is 347 g/mol. The smallest absolute Gasteiger partial charge is 0.240 e. The molecule has 4 nitrogen and oxygen atoms in total. The summed E-state index contributed by atoms with van der Waals surface area (Å²) in [6.45, 7) is 0.399. The van der Waals surface area contributed by atoms with Gasteiger partial charge in [-0.25, -0.2) is 0 Å². The van der Waals surface area contributed by atoms with Crippen LogP contribution in [0.25, 0.3) is 0 Å². The Kier molecular flexibility index (Phi) is 4.78. The van der Waals surface area contributed by atoms with Crippen LogP contribution in [-0.4, -0.2) is 11.8 Å². The molecule has 1 aliphatic rings. The number of hydrogen-bond donors (Lipinski definition) is 2. The first-order chi connectivity index (χ1) is 11.5. The molecule has 0 spiro atoms. The van der Waals surface area contributed by atoms with Gasteiger partial charge in [0, 0.05) is 11.6 Å². The molecule has 6 heteroatoms. The number of nitrogens with one attached hydrogen (secondary N) is 2. The molecule has 2 amide bonds. The van der Waals surface area contributed by atoms with Gasteiger partial charge in [0.2, 0.25) is 11.8 Å². The molecule has 0 radical (unpaired) electrons. The summed E-state index contributed by atoms with van der Waals surface area (Å²) in [4.78, 5) is 25.0. The van der Waals surface area contributed by atoms with E-state index in [0.29, 0.717) is 35.1 Å². The lowest BCUT2D eigenvalue weighted by Gasteiger charge is -2.16. The fourth-order valence-electron chi connectivity index (χ4n) is 2.46. The lowest BCUT2D eigenvalue weighted by Crippen LogP contribution is -2.39. The summed E-state index contributed by atoms with van der Waals surface area (Å²) < 4.78 is 0. The third-order valence-electron chi connectivity index (χ3n) is 4.09. The second kappa shape index (κ2) is 6.83. The number of benzene rings is 2. The Morgan fingerprint density at radius 3 is 2.33 bits per heavy atom. The Hall–Kier alpha value is -2.04. The fraction of sp³-hybridized carbons (Fsp3) is 0.222. The number of anilines is 1. The van der Waals surface area contributed by atoms with Gasteiger partial charge < -0.3 is 10.6 Å². The fourth-order valence-corrected chi connectivity index (χ4v) is 2.92. The second-order valence-corrected chi connectivity index (χ2v) is 6.67. The summed E-state index contributed by atoms with van der Waals surface area (Å²) >= 11 is 11.9. The van der Waals surface area contributed by atoms with Gasteiger partial charge in [0.05, 0.1) is 10.7 Å². The van der Waals surface area contributed by atoms with Crippen molar-refractivity contribution in [3.63, 3.8) is 0 Å². The molecule has 1 aliphatic carbocycles. The van der Waals surface area contributed by atoms with Crippen LogP contribution in [0.5, 0.6) is 0 Å². The summed E-state index contributed by atoms with van der Waals surface area (Å²) in [5, 5.41) is 6.40. The molecule has 124 valence electrons. The van der Waals surface area contributed by atoms with Crippen molar-refractivity contribution in [2.45, 2.75) is 19.4 Å². The zero-order chi connectivity index (χ0) is 17.2. The van der Waals surface area contributed by atoms with Crippen molar-refractivity contribution in [3.05, 3.63) is 64.1 Å². The molecule has 2 aromatic rings. The summed E-state index contributed by atoms with van der Waals surface area (Å²) in [5.74, 6) is -0.591. The van der Waals surface area contributed by atoms with Gasteiger partial charge in [0.25, 0.3) is 0 Å². The summed E-state index contributed by atoms with van der Waals surface area (Å²) in [7, 11) is 0. The molecule has 0 bridgehead atoms. The monoisotopic (exact) mass is 362 g/mol. The van der Waals surface area contributed by atoms with Gasteiger partial charge in [-0.1, -0.05) is 53.5 Å². The van der Waals surface area contributed by atoms with Crippen molar-refractivity contribution in [3.8, 4) is 0 Å². The van der Waals surface area contributed by atoms with Crippen LogP contribution in [0.1, 0.15) is 18.4 Å². The summed E-state index contributed by atoms with van der Waals surface area (Å²) in [6.07, 6.45) is 1.06. The predicted octanol–water partition coefficient (Wildman–Crippen LogP) is 4.03. The summed E-state index contributed by atoms with van der Waals surface area (Å²) in [6, 6.07) is 14.4. The van der Waals surface area contributed by atoms with Gasteiger partial charge in [-0.05, 0) is 36.6 Å². The molecule has 0 aliphatic heterocycles. The third-order valence-corrected chi connectivity index (χ3v) is 4.64. The maximum Gasteiger partial charge on any atom is 0.240 e. The first-order valence-corrected chi connectivity index (χ1v) is 8.36. The SMILES string of the molecule is O=C(NCc1ccccc1)C1(C(=O)Nc2ccc(Cl)cc2Cl)CC1. The average molecular weight is 363 g/mol. The molecule has 2 aromatic carbocycles. The van der Waals surface area contributed by atoms with Crippen molar-refractivity contribution in [1.82, 2.24) is 5.32 Å². The van der Waals surface area contributed by atoms with E-state index in [2.05, 4.69) is 10.6 Å². The molecule has 24 heavy (non-hydrogen) atoms. The molecule has 2 N–H and O–H groups in total. The van der Waals surface area contributed by atoms with E-state index in [9.17, 15) is 9.59 Å². The highest BCUT2D eigenvalue weighted by Crippen LogP contribution is 2.47. The Balaban J connectivity index is 1.64. The maximum atomic E-state index is 12.5. The maximum absolute atomic E-state index is 12.5. The zero-order valence-corrected chi connectivity index (χ0v) is 14.3. The molecule has 1 fully saturated rings. The highest BCUT2D eigenvalue weighted by Gasteiger charge is 2.56. The van der Waals surface area contributed by atoms with Gasteiger partial charge in [-0.15, -0.1) is 0 Å². The zero-order valence-electron chi connectivity index (χ0n) is 12.8. The molecular formula is C18H16Cl2N2O2. The Morgan fingerprint density at radius 2 is 1.71 bits per heavy atom.